The van der Waals surface area contributed by atoms with Gasteiger partial charge in [-0.05, 0) is 52.1 Å². The fourth-order valence-electron chi connectivity index (χ4n) is 3.66. The van der Waals surface area contributed by atoms with Crippen LogP contribution < -0.4 is 10.3 Å². The summed E-state index contributed by atoms with van der Waals surface area (Å²) < 4.78 is 49.2. The topological polar surface area (TPSA) is 89.6 Å². The zero-order chi connectivity index (χ0) is 28.2. The standard InChI is InChI=1S/C27H26ClF3N4O3/c1-15-13-34-20(19-6-8-33-25(24(19)31)27(3,4)37)12-21(15)35-16(2)10-22(23(28)26(35)36)38-9-7-17(29)11-18(30)14-32-5/h6,8,10-14,37H,5,7,9H2,1-4H3/b17-11+,18-14+. The molecule has 3 heterocycles. The van der Waals surface area contributed by atoms with E-state index >= 15 is 4.39 Å². The number of aryl methyl sites for hydroxylation is 2. The van der Waals surface area contributed by atoms with E-state index in [9.17, 15) is 18.7 Å². The highest BCUT2D eigenvalue weighted by atomic mass is 35.5. The van der Waals surface area contributed by atoms with E-state index in [2.05, 4.69) is 21.7 Å². The molecule has 3 rings (SSSR count). The van der Waals surface area contributed by atoms with Crippen molar-refractivity contribution in [2.24, 2.45) is 4.99 Å². The second-order valence-corrected chi connectivity index (χ2v) is 9.30. The maximum atomic E-state index is 15.2. The Balaban J connectivity index is 1.97. The second-order valence-electron chi connectivity index (χ2n) is 8.93. The average molecular weight is 547 g/mol. The van der Waals surface area contributed by atoms with Crippen LogP contribution in [-0.4, -0.2) is 33.0 Å². The molecule has 0 radical (unpaired) electrons. The number of aliphatic hydroxyl groups is 1. The van der Waals surface area contributed by atoms with Crippen molar-refractivity contribution < 1.29 is 23.0 Å². The first-order valence-electron chi connectivity index (χ1n) is 11.4. The second kappa shape index (κ2) is 11.7. The van der Waals surface area contributed by atoms with Crippen molar-refractivity contribution in [3.8, 4) is 22.7 Å². The Hall–Kier alpha value is -3.76. The lowest BCUT2D eigenvalue weighted by Gasteiger charge is -2.19. The minimum absolute atomic E-state index is 0.0314. The van der Waals surface area contributed by atoms with Crippen molar-refractivity contribution in [3.63, 3.8) is 0 Å². The van der Waals surface area contributed by atoms with Gasteiger partial charge < -0.3 is 9.84 Å². The van der Waals surface area contributed by atoms with Crippen LogP contribution in [0.4, 0.5) is 13.2 Å². The first kappa shape index (κ1) is 28.8. The fraction of sp³-hybridized carbons (Fsp3) is 0.259. The van der Waals surface area contributed by atoms with Gasteiger partial charge in [0.25, 0.3) is 5.56 Å². The number of nitrogens with zero attached hydrogens (tertiary/aromatic N) is 4. The maximum absolute atomic E-state index is 15.2. The number of ether oxygens (including phenoxy) is 1. The molecule has 0 unspecified atom stereocenters. The van der Waals surface area contributed by atoms with Crippen molar-refractivity contribution in [2.45, 2.75) is 39.7 Å². The number of aromatic nitrogens is 3. The average Bonchev–Trinajstić information content (AvgIpc) is 2.83. The van der Waals surface area contributed by atoms with Gasteiger partial charge in [-0.2, -0.15) is 0 Å². The van der Waals surface area contributed by atoms with Crippen molar-refractivity contribution in [3.05, 3.63) is 92.7 Å². The summed E-state index contributed by atoms with van der Waals surface area (Å²) in [7, 11) is 0. The van der Waals surface area contributed by atoms with Crippen molar-refractivity contribution >= 4 is 18.3 Å². The van der Waals surface area contributed by atoms with Crippen LogP contribution >= 0.6 is 11.6 Å². The van der Waals surface area contributed by atoms with Gasteiger partial charge in [-0.1, -0.05) is 11.6 Å². The molecule has 0 saturated heterocycles. The SMILES string of the molecule is C=N/C=C(F)\C=C(\F)CCOc1cc(C)n(-c2cc(-c3ccnc(C(C)(C)O)c3F)ncc2C)c(=O)c1Cl. The van der Waals surface area contributed by atoms with E-state index in [-0.39, 0.29) is 40.8 Å². The Morgan fingerprint density at radius 2 is 2.00 bits per heavy atom. The highest BCUT2D eigenvalue weighted by molar-refractivity contribution is 6.31. The molecule has 0 atom stereocenters. The minimum atomic E-state index is -1.52. The monoisotopic (exact) mass is 546 g/mol. The van der Waals surface area contributed by atoms with E-state index in [4.69, 9.17) is 16.3 Å². The molecule has 0 spiro atoms. The summed E-state index contributed by atoms with van der Waals surface area (Å²) in [6.07, 6.45) is 4.01. The van der Waals surface area contributed by atoms with E-state index in [1.165, 1.54) is 49.0 Å². The molecule has 0 bridgehead atoms. The lowest BCUT2D eigenvalue weighted by molar-refractivity contribution is 0.0696. The summed E-state index contributed by atoms with van der Waals surface area (Å²) >= 11 is 6.30. The highest BCUT2D eigenvalue weighted by Crippen LogP contribution is 2.31. The molecular weight excluding hydrogens is 521 g/mol. The van der Waals surface area contributed by atoms with Crippen LogP contribution in [0.1, 0.15) is 37.2 Å². The van der Waals surface area contributed by atoms with Crippen molar-refractivity contribution in [1.29, 1.82) is 0 Å². The first-order valence-corrected chi connectivity index (χ1v) is 11.8. The van der Waals surface area contributed by atoms with Gasteiger partial charge in [0.2, 0.25) is 0 Å². The normalized spacial score (nSPS) is 12.6. The molecular formula is C27H26ClF3N4O3. The Kier molecular flexibility index (Phi) is 8.90. The largest absolute Gasteiger partial charge is 0.491 e. The molecule has 0 fully saturated rings. The van der Waals surface area contributed by atoms with E-state index in [1.54, 1.807) is 13.8 Å². The molecule has 200 valence electrons. The predicted octanol–water partition coefficient (Wildman–Crippen LogP) is 6.07. The molecule has 0 aliphatic heterocycles. The Bertz CT molecular complexity index is 1490. The zero-order valence-corrected chi connectivity index (χ0v) is 22.0. The minimum Gasteiger partial charge on any atom is -0.491 e. The summed E-state index contributed by atoms with van der Waals surface area (Å²) in [5, 5.41) is 10.0. The van der Waals surface area contributed by atoms with E-state index in [0.717, 1.165) is 6.20 Å². The summed E-state index contributed by atoms with van der Waals surface area (Å²) in [6, 6.07) is 4.47. The molecule has 3 aromatic heterocycles. The third kappa shape index (κ3) is 6.38. The van der Waals surface area contributed by atoms with Crippen LogP contribution in [0, 0.1) is 19.7 Å². The van der Waals surface area contributed by atoms with Crippen LogP contribution in [0.2, 0.25) is 5.02 Å². The van der Waals surface area contributed by atoms with Crippen molar-refractivity contribution in [2.75, 3.05) is 6.61 Å². The molecule has 0 saturated carbocycles. The van der Waals surface area contributed by atoms with Crippen LogP contribution in [0.15, 0.2) is 64.3 Å². The van der Waals surface area contributed by atoms with Crippen LogP contribution in [0.3, 0.4) is 0 Å². The number of halogens is 4. The number of pyridine rings is 3. The van der Waals surface area contributed by atoms with Gasteiger partial charge in [-0.25, -0.2) is 13.2 Å². The molecule has 7 nitrogen and oxygen atoms in total. The van der Waals surface area contributed by atoms with Gasteiger partial charge in [0.05, 0.1) is 24.2 Å². The van der Waals surface area contributed by atoms with Gasteiger partial charge >= 0.3 is 0 Å². The zero-order valence-electron chi connectivity index (χ0n) is 21.2. The van der Waals surface area contributed by atoms with Gasteiger partial charge in [0.15, 0.2) is 5.82 Å². The van der Waals surface area contributed by atoms with Crippen LogP contribution in [-0.2, 0) is 5.60 Å². The molecule has 0 amide bonds. The molecule has 38 heavy (non-hydrogen) atoms. The summed E-state index contributed by atoms with van der Waals surface area (Å²) in [4.78, 5) is 24.7. The molecule has 11 heteroatoms. The Morgan fingerprint density at radius 3 is 2.66 bits per heavy atom. The van der Waals surface area contributed by atoms with E-state index in [0.29, 0.717) is 23.0 Å². The van der Waals surface area contributed by atoms with E-state index in [1.807, 2.05) is 0 Å². The maximum Gasteiger partial charge on any atom is 0.277 e. The summed E-state index contributed by atoms with van der Waals surface area (Å²) in [6.45, 7) is 9.10. The molecule has 0 aliphatic carbocycles. The van der Waals surface area contributed by atoms with Crippen LogP contribution in [0.5, 0.6) is 5.75 Å². The van der Waals surface area contributed by atoms with Gasteiger partial charge in [0.1, 0.15) is 33.7 Å². The number of hydrogen-bond donors (Lipinski definition) is 1. The smallest absolute Gasteiger partial charge is 0.277 e. The summed E-state index contributed by atoms with van der Waals surface area (Å²) in [5.41, 5.74) is -0.512. The van der Waals surface area contributed by atoms with Gasteiger partial charge in [-0.3, -0.25) is 24.3 Å². The van der Waals surface area contributed by atoms with Crippen LogP contribution in [0.25, 0.3) is 16.9 Å². The number of allylic oxidation sites excluding steroid dienone is 2. The highest BCUT2D eigenvalue weighted by Gasteiger charge is 2.25. The fourth-order valence-corrected chi connectivity index (χ4v) is 3.85. The van der Waals surface area contributed by atoms with Gasteiger partial charge in [-0.15, -0.1) is 0 Å². The predicted molar refractivity (Wildman–Crippen MR) is 141 cm³/mol. The Labute approximate surface area is 222 Å². The Morgan fingerprint density at radius 1 is 1.29 bits per heavy atom. The lowest BCUT2D eigenvalue weighted by atomic mass is 10.00. The molecule has 0 aliphatic rings. The number of hydrogen-bond acceptors (Lipinski definition) is 6. The first-order chi connectivity index (χ1) is 17.8. The number of aliphatic imine (C=N–C) groups is 1. The molecule has 1 N–H and O–H groups in total. The van der Waals surface area contributed by atoms with E-state index < -0.39 is 28.6 Å². The molecule has 0 aromatic carbocycles. The third-order valence-electron chi connectivity index (χ3n) is 5.47. The molecule has 3 aromatic rings. The quantitative estimate of drug-likeness (QED) is 0.260. The van der Waals surface area contributed by atoms with Crippen molar-refractivity contribution in [1.82, 2.24) is 14.5 Å². The lowest BCUT2D eigenvalue weighted by Crippen LogP contribution is -2.23. The van der Waals surface area contributed by atoms with Gasteiger partial charge in [0, 0.05) is 42.2 Å². The number of rotatable bonds is 9. The summed E-state index contributed by atoms with van der Waals surface area (Å²) in [5.74, 6) is -2.39. The third-order valence-corrected chi connectivity index (χ3v) is 5.82.